The summed E-state index contributed by atoms with van der Waals surface area (Å²) < 4.78 is 0.540. The second kappa shape index (κ2) is 7.74. The maximum atomic E-state index is 12.3. The minimum atomic E-state index is -0.161. The molecular weight excluding hydrogens is 326 g/mol. The SMILES string of the molecule is CCCCCNC(=O)C1CCCN(c2nc3nc[nH]c(=O)c3s2)C1. The van der Waals surface area contributed by atoms with Crippen LogP contribution >= 0.6 is 11.3 Å². The maximum Gasteiger partial charge on any atom is 0.270 e. The third kappa shape index (κ3) is 3.75. The number of aromatic amines is 1. The number of nitrogens with zero attached hydrogens (tertiary/aromatic N) is 3. The van der Waals surface area contributed by atoms with E-state index in [0.29, 0.717) is 16.9 Å². The van der Waals surface area contributed by atoms with E-state index < -0.39 is 0 Å². The number of amides is 1. The summed E-state index contributed by atoms with van der Waals surface area (Å²) in [5.74, 6) is 0.117. The molecular formula is C16H23N5O2S. The second-order valence-electron chi connectivity index (χ2n) is 6.16. The fraction of sp³-hybridized carbons (Fsp3) is 0.625. The highest BCUT2D eigenvalue weighted by molar-refractivity contribution is 7.22. The Balaban J connectivity index is 1.65. The summed E-state index contributed by atoms with van der Waals surface area (Å²) in [6, 6.07) is 0. The smallest absolute Gasteiger partial charge is 0.270 e. The van der Waals surface area contributed by atoms with Gasteiger partial charge in [0.25, 0.3) is 5.56 Å². The van der Waals surface area contributed by atoms with Gasteiger partial charge >= 0.3 is 0 Å². The molecule has 2 aromatic heterocycles. The number of H-pyrrole nitrogens is 1. The van der Waals surface area contributed by atoms with E-state index in [2.05, 4.69) is 32.1 Å². The Morgan fingerprint density at radius 1 is 1.50 bits per heavy atom. The fourth-order valence-electron chi connectivity index (χ4n) is 2.99. The van der Waals surface area contributed by atoms with Gasteiger partial charge in [-0.1, -0.05) is 31.1 Å². The lowest BCUT2D eigenvalue weighted by atomic mass is 9.97. The summed E-state index contributed by atoms with van der Waals surface area (Å²) in [5.41, 5.74) is 0.316. The van der Waals surface area contributed by atoms with Crippen LogP contribution in [0.2, 0.25) is 0 Å². The quantitative estimate of drug-likeness (QED) is 0.777. The van der Waals surface area contributed by atoms with Crippen LogP contribution in [0.3, 0.4) is 0 Å². The molecule has 3 heterocycles. The van der Waals surface area contributed by atoms with Crippen LogP contribution in [0.5, 0.6) is 0 Å². The summed E-state index contributed by atoms with van der Waals surface area (Å²) in [6.07, 6.45) is 6.55. The monoisotopic (exact) mass is 349 g/mol. The Kier molecular flexibility index (Phi) is 5.44. The minimum Gasteiger partial charge on any atom is -0.356 e. The number of fused-ring (bicyclic) bond motifs is 1. The minimum absolute atomic E-state index is 0.0152. The Labute approximate surface area is 144 Å². The first-order chi connectivity index (χ1) is 11.7. The molecule has 7 nitrogen and oxygen atoms in total. The third-order valence-corrected chi connectivity index (χ3v) is 5.43. The largest absolute Gasteiger partial charge is 0.356 e. The number of thiazole rings is 1. The average molecular weight is 349 g/mol. The number of hydrogen-bond acceptors (Lipinski definition) is 6. The number of unbranched alkanes of at least 4 members (excludes halogenated alkanes) is 2. The van der Waals surface area contributed by atoms with Crippen LogP contribution < -0.4 is 15.8 Å². The van der Waals surface area contributed by atoms with E-state index in [0.717, 1.165) is 50.3 Å². The number of hydrogen-bond donors (Lipinski definition) is 2. The van der Waals surface area contributed by atoms with Gasteiger partial charge in [0.1, 0.15) is 4.70 Å². The van der Waals surface area contributed by atoms with Crippen LogP contribution in [-0.2, 0) is 4.79 Å². The zero-order valence-electron chi connectivity index (χ0n) is 13.9. The molecule has 1 aliphatic rings. The van der Waals surface area contributed by atoms with Crippen LogP contribution in [0.1, 0.15) is 39.0 Å². The molecule has 130 valence electrons. The lowest BCUT2D eigenvalue weighted by Crippen LogP contribution is -2.43. The van der Waals surface area contributed by atoms with E-state index in [-0.39, 0.29) is 17.4 Å². The van der Waals surface area contributed by atoms with Gasteiger partial charge in [-0.05, 0) is 19.3 Å². The van der Waals surface area contributed by atoms with Crippen molar-refractivity contribution in [3.63, 3.8) is 0 Å². The molecule has 8 heteroatoms. The lowest BCUT2D eigenvalue weighted by Gasteiger charge is -2.31. The topological polar surface area (TPSA) is 91.0 Å². The molecule has 1 amide bonds. The van der Waals surface area contributed by atoms with Gasteiger partial charge in [0.2, 0.25) is 5.91 Å². The number of aromatic nitrogens is 3. The highest BCUT2D eigenvalue weighted by atomic mass is 32.1. The van der Waals surface area contributed by atoms with Gasteiger partial charge in [-0.3, -0.25) is 9.59 Å². The molecule has 1 saturated heterocycles. The van der Waals surface area contributed by atoms with Gasteiger partial charge in [-0.25, -0.2) is 4.98 Å². The van der Waals surface area contributed by atoms with E-state index >= 15 is 0 Å². The van der Waals surface area contributed by atoms with Crippen LogP contribution in [0, 0.1) is 5.92 Å². The van der Waals surface area contributed by atoms with Crippen molar-refractivity contribution in [2.24, 2.45) is 5.92 Å². The van der Waals surface area contributed by atoms with Gasteiger partial charge in [-0.15, -0.1) is 0 Å². The first kappa shape index (κ1) is 16.9. The number of rotatable bonds is 6. The first-order valence-electron chi connectivity index (χ1n) is 8.56. The third-order valence-electron chi connectivity index (χ3n) is 4.33. The van der Waals surface area contributed by atoms with Crippen molar-refractivity contribution in [3.05, 3.63) is 16.7 Å². The summed E-state index contributed by atoms with van der Waals surface area (Å²) in [5, 5.41) is 3.82. The van der Waals surface area contributed by atoms with Crippen molar-refractivity contribution in [1.29, 1.82) is 0 Å². The molecule has 1 aliphatic heterocycles. The van der Waals surface area contributed by atoms with Gasteiger partial charge < -0.3 is 15.2 Å². The van der Waals surface area contributed by atoms with E-state index in [4.69, 9.17) is 0 Å². The Bertz CT molecular complexity index is 756. The molecule has 1 unspecified atom stereocenters. The van der Waals surface area contributed by atoms with Crippen molar-refractivity contribution < 1.29 is 4.79 Å². The molecule has 24 heavy (non-hydrogen) atoms. The summed E-state index contributed by atoms with van der Waals surface area (Å²) in [4.78, 5) is 37.4. The van der Waals surface area contributed by atoms with Crippen molar-refractivity contribution in [1.82, 2.24) is 20.3 Å². The highest BCUT2D eigenvalue weighted by Gasteiger charge is 2.27. The van der Waals surface area contributed by atoms with E-state index in [1.54, 1.807) is 0 Å². The molecule has 1 fully saturated rings. The van der Waals surface area contributed by atoms with Gasteiger partial charge in [0, 0.05) is 19.6 Å². The normalized spacial score (nSPS) is 18.0. The molecule has 0 aliphatic carbocycles. The van der Waals surface area contributed by atoms with Gasteiger partial charge in [-0.2, -0.15) is 4.98 Å². The van der Waals surface area contributed by atoms with Gasteiger partial charge in [0.05, 0.1) is 12.2 Å². The summed E-state index contributed by atoms with van der Waals surface area (Å²) in [6.45, 7) is 4.41. The predicted molar refractivity (Wildman–Crippen MR) is 95.5 cm³/mol. The van der Waals surface area contributed by atoms with Crippen LogP contribution in [0.25, 0.3) is 10.3 Å². The van der Waals surface area contributed by atoms with Crippen molar-refractivity contribution >= 4 is 32.7 Å². The Hall–Kier alpha value is -1.96. The molecule has 0 bridgehead atoms. The maximum absolute atomic E-state index is 12.3. The van der Waals surface area contributed by atoms with E-state index in [9.17, 15) is 9.59 Å². The molecule has 1 atom stereocenters. The molecule has 0 radical (unpaired) electrons. The zero-order chi connectivity index (χ0) is 16.9. The highest BCUT2D eigenvalue weighted by Crippen LogP contribution is 2.29. The number of piperidine rings is 1. The Morgan fingerprint density at radius 2 is 2.38 bits per heavy atom. The molecule has 0 aromatic carbocycles. The van der Waals surface area contributed by atoms with E-state index in [1.165, 1.54) is 17.7 Å². The molecule has 0 spiro atoms. The standard InChI is InChI=1S/C16H23N5O2S/c1-2-3-4-7-17-14(22)11-6-5-8-21(9-11)16-20-13-12(24-16)15(23)19-10-18-13/h10-11H,2-9H2,1H3,(H,17,22)(H,18,19,23). The van der Waals surface area contributed by atoms with Crippen LogP contribution in [-0.4, -0.2) is 40.5 Å². The average Bonchev–Trinajstić information content (AvgIpc) is 3.04. The summed E-state index contributed by atoms with van der Waals surface area (Å²) >= 11 is 1.35. The molecule has 2 aromatic rings. The van der Waals surface area contributed by atoms with Crippen LogP contribution in [0.4, 0.5) is 5.13 Å². The number of carbonyl (C=O) groups excluding carboxylic acids is 1. The molecule has 2 N–H and O–H groups in total. The first-order valence-corrected chi connectivity index (χ1v) is 9.37. The lowest BCUT2D eigenvalue weighted by molar-refractivity contribution is -0.125. The van der Waals surface area contributed by atoms with Crippen molar-refractivity contribution in [2.45, 2.75) is 39.0 Å². The number of anilines is 1. The number of nitrogens with one attached hydrogen (secondary N) is 2. The number of carbonyl (C=O) groups is 1. The zero-order valence-corrected chi connectivity index (χ0v) is 14.7. The Morgan fingerprint density at radius 3 is 3.17 bits per heavy atom. The van der Waals surface area contributed by atoms with Crippen LogP contribution in [0.15, 0.2) is 11.1 Å². The van der Waals surface area contributed by atoms with E-state index in [1.807, 2.05) is 0 Å². The van der Waals surface area contributed by atoms with Gasteiger partial charge in [0.15, 0.2) is 10.8 Å². The molecule has 3 rings (SSSR count). The predicted octanol–water partition coefficient (Wildman–Crippen LogP) is 1.90. The van der Waals surface area contributed by atoms with Crippen molar-refractivity contribution in [3.8, 4) is 0 Å². The molecule has 0 saturated carbocycles. The summed E-state index contributed by atoms with van der Waals surface area (Å²) in [7, 11) is 0. The second-order valence-corrected chi connectivity index (χ2v) is 7.14. The van der Waals surface area contributed by atoms with Crippen molar-refractivity contribution in [2.75, 3.05) is 24.5 Å². The fourth-order valence-corrected chi connectivity index (χ4v) is 3.94.